The second-order valence-corrected chi connectivity index (χ2v) is 8.30. The summed E-state index contributed by atoms with van der Waals surface area (Å²) < 4.78 is 29.5. The van der Waals surface area contributed by atoms with Gasteiger partial charge in [-0.2, -0.15) is 12.7 Å². The van der Waals surface area contributed by atoms with E-state index < -0.39 is 10.2 Å². The van der Waals surface area contributed by atoms with Gasteiger partial charge in [0, 0.05) is 31.7 Å². The number of hydrogen-bond acceptors (Lipinski definition) is 3. The number of rotatable bonds is 7. The van der Waals surface area contributed by atoms with Crippen LogP contribution in [0.1, 0.15) is 51.4 Å². The van der Waals surface area contributed by atoms with E-state index in [2.05, 4.69) is 10.0 Å². The molecule has 6 heteroatoms. The van der Waals surface area contributed by atoms with Crippen LogP contribution in [-0.4, -0.2) is 44.4 Å². The topological polar surface area (TPSA) is 61.4 Å². The van der Waals surface area contributed by atoms with Gasteiger partial charge >= 0.3 is 0 Å². The molecule has 0 aromatic heterocycles. The molecular formula is C14H27N3O2S. The van der Waals surface area contributed by atoms with Gasteiger partial charge in [0.15, 0.2) is 0 Å². The Kier molecular flexibility index (Phi) is 4.65. The number of hydrogen-bond donors (Lipinski definition) is 2. The number of piperidine rings is 1. The molecule has 20 heavy (non-hydrogen) atoms. The lowest BCUT2D eigenvalue weighted by atomic mass is 9.86. The molecule has 1 aliphatic heterocycles. The summed E-state index contributed by atoms with van der Waals surface area (Å²) in [6, 6.07) is 0.785. The fourth-order valence-corrected chi connectivity index (χ4v) is 4.64. The first kappa shape index (κ1) is 14.8. The molecule has 0 spiro atoms. The monoisotopic (exact) mass is 301 g/mol. The van der Waals surface area contributed by atoms with Crippen molar-refractivity contribution in [3.05, 3.63) is 0 Å². The van der Waals surface area contributed by atoms with Gasteiger partial charge in [0.1, 0.15) is 0 Å². The Bertz CT molecular complexity index is 418. The van der Waals surface area contributed by atoms with E-state index in [4.69, 9.17) is 0 Å². The molecule has 3 fully saturated rings. The van der Waals surface area contributed by atoms with Gasteiger partial charge < -0.3 is 5.32 Å². The Labute approximate surface area is 122 Å². The molecular weight excluding hydrogens is 274 g/mol. The summed E-state index contributed by atoms with van der Waals surface area (Å²) in [5.41, 5.74) is 0. The molecule has 0 aromatic carbocycles. The Morgan fingerprint density at radius 1 is 0.950 bits per heavy atom. The molecule has 1 heterocycles. The summed E-state index contributed by atoms with van der Waals surface area (Å²) in [5.74, 6) is 0.567. The van der Waals surface area contributed by atoms with Crippen LogP contribution in [0.5, 0.6) is 0 Å². The van der Waals surface area contributed by atoms with Crippen LogP contribution in [0.2, 0.25) is 0 Å². The summed E-state index contributed by atoms with van der Waals surface area (Å²) in [7, 11) is -3.29. The molecule has 0 radical (unpaired) electrons. The average molecular weight is 301 g/mol. The average Bonchev–Trinajstić information content (AvgIpc) is 3.18. The standard InChI is InChI=1S/C14H27N3O2S/c18-20(19,16-10-12-4-3-5-12)17-9-2-1-6-14(17)11-15-13-7-8-13/h12-16H,1-11H2. The molecule has 2 aliphatic carbocycles. The van der Waals surface area contributed by atoms with Crippen molar-refractivity contribution in [2.24, 2.45) is 5.92 Å². The van der Waals surface area contributed by atoms with Crippen molar-refractivity contribution >= 4 is 10.2 Å². The maximum Gasteiger partial charge on any atom is 0.279 e. The van der Waals surface area contributed by atoms with E-state index >= 15 is 0 Å². The third-order valence-electron chi connectivity index (χ3n) is 4.88. The van der Waals surface area contributed by atoms with Crippen LogP contribution in [0, 0.1) is 5.92 Å². The molecule has 1 saturated heterocycles. The van der Waals surface area contributed by atoms with Crippen LogP contribution in [0.4, 0.5) is 0 Å². The second kappa shape index (κ2) is 6.30. The zero-order valence-corrected chi connectivity index (χ0v) is 13.0. The van der Waals surface area contributed by atoms with E-state index in [0.717, 1.165) is 25.8 Å². The lowest BCUT2D eigenvalue weighted by molar-refractivity contribution is 0.239. The van der Waals surface area contributed by atoms with Gasteiger partial charge in [-0.05, 0) is 44.4 Å². The van der Waals surface area contributed by atoms with E-state index in [9.17, 15) is 8.42 Å². The highest BCUT2D eigenvalue weighted by molar-refractivity contribution is 7.87. The molecule has 116 valence electrons. The fraction of sp³-hybridized carbons (Fsp3) is 1.00. The first-order valence-electron chi connectivity index (χ1n) is 8.15. The van der Waals surface area contributed by atoms with Gasteiger partial charge in [0.25, 0.3) is 10.2 Å². The first-order chi connectivity index (χ1) is 9.65. The van der Waals surface area contributed by atoms with Crippen molar-refractivity contribution in [2.45, 2.75) is 63.5 Å². The Morgan fingerprint density at radius 3 is 2.40 bits per heavy atom. The van der Waals surface area contributed by atoms with Crippen molar-refractivity contribution in [1.29, 1.82) is 0 Å². The predicted octanol–water partition coefficient (Wildman–Crippen LogP) is 1.23. The molecule has 5 nitrogen and oxygen atoms in total. The SMILES string of the molecule is O=S(=O)(NCC1CCC1)N1CCCCC1CNC1CC1. The summed E-state index contributed by atoms with van der Waals surface area (Å²) in [6.07, 6.45) is 9.23. The van der Waals surface area contributed by atoms with E-state index in [-0.39, 0.29) is 6.04 Å². The van der Waals surface area contributed by atoms with Crippen LogP contribution >= 0.6 is 0 Å². The van der Waals surface area contributed by atoms with Gasteiger partial charge in [-0.1, -0.05) is 12.8 Å². The minimum Gasteiger partial charge on any atom is -0.312 e. The molecule has 0 aromatic rings. The van der Waals surface area contributed by atoms with Crippen LogP contribution in [0.25, 0.3) is 0 Å². The Morgan fingerprint density at radius 2 is 1.75 bits per heavy atom. The maximum atomic E-state index is 12.5. The zero-order valence-electron chi connectivity index (χ0n) is 12.2. The highest BCUT2D eigenvalue weighted by Crippen LogP contribution is 2.26. The quantitative estimate of drug-likeness (QED) is 0.743. The summed E-state index contributed by atoms with van der Waals surface area (Å²) >= 11 is 0. The third-order valence-corrected chi connectivity index (χ3v) is 6.51. The van der Waals surface area contributed by atoms with Gasteiger partial charge in [-0.3, -0.25) is 0 Å². The van der Waals surface area contributed by atoms with Crippen molar-refractivity contribution in [3.63, 3.8) is 0 Å². The van der Waals surface area contributed by atoms with Gasteiger partial charge in [-0.25, -0.2) is 4.72 Å². The molecule has 1 atom stereocenters. The molecule has 3 aliphatic rings. The Hall–Kier alpha value is -0.170. The highest BCUT2D eigenvalue weighted by Gasteiger charge is 2.34. The van der Waals surface area contributed by atoms with E-state index in [0.29, 0.717) is 25.0 Å². The van der Waals surface area contributed by atoms with Crippen molar-refractivity contribution in [2.75, 3.05) is 19.6 Å². The van der Waals surface area contributed by atoms with Crippen LogP contribution in [0.15, 0.2) is 0 Å². The summed E-state index contributed by atoms with van der Waals surface area (Å²) in [6.45, 7) is 2.12. The second-order valence-electron chi connectivity index (χ2n) is 6.59. The minimum absolute atomic E-state index is 0.142. The van der Waals surface area contributed by atoms with Gasteiger partial charge in [-0.15, -0.1) is 0 Å². The first-order valence-corrected chi connectivity index (χ1v) is 9.59. The number of nitrogens with zero attached hydrogens (tertiary/aromatic N) is 1. The predicted molar refractivity (Wildman–Crippen MR) is 79.6 cm³/mol. The normalized spacial score (nSPS) is 29.3. The van der Waals surface area contributed by atoms with Crippen LogP contribution < -0.4 is 10.0 Å². The van der Waals surface area contributed by atoms with Crippen LogP contribution in [-0.2, 0) is 10.2 Å². The summed E-state index contributed by atoms with van der Waals surface area (Å²) in [5, 5.41) is 3.48. The molecule has 0 amide bonds. The van der Waals surface area contributed by atoms with Gasteiger partial charge in [0.05, 0.1) is 0 Å². The molecule has 2 saturated carbocycles. The van der Waals surface area contributed by atoms with Crippen molar-refractivity contribution in [1.82, 2.24) is 14.3 Å². The van der Waals surface area contributed by atoms with E-state index in [1.807, 2.05) is 0 Å². The Balaban J connectivity index is 1.54. The largest absolute Gasteiger partial charge is 0.312 e. The minimum atomic E-state index is -3.29. The lowest BCUT2D eigenvalue weighted by Gasteiger charge is -2.35. The van der Waals surface area contributed by atoms with E-state index in [1.165, 1.54) is 32.1 Å². The zero-order chi connectivity index (χ0) is 14.0. The van der Waals surface area contributed by atoms with Crippen LogP contribution in [0.3, 0.4) is 0 Å². The molecule has 3 rings (SSSR count). The molecule has 1 unspecified atom stereocenters. The maximum absolute atomic E-state index is 12.5. The molecule has 0 bridgehead atoms. The highest BCUT2D eigenvalue weighted by atomic mass is 32.2. The van der Waals surface area contributed by atoms with Gasteiger partial charge in [0.2, 0.25) is 0 Å². The lowest BCUT2D eigenvalue weighted by Crippen LogP contribution is -2.53. The van der Waals surface area contributed by atoms with Crippen molar-refractivity contribution in [3.8, 4) is 0 Å². The summed E-state index contributed by atoms with van der Waals surface area (Å²) in [4.78, 5) is 0. The van der Waals surface area contributed by atoms with Crippen molar-refractivity contribution < 1.29 is 8.42 Å². The smallest absolute Gasteiger partial charge is 0.279 e. The third kappa shape index (κ3) is 3.72. The van der Waals surface area contributed by atoms with E-state index in [1.54, 1.807) is 4.31 Å². The molecule has 2 N–H and O–H groups in total. The fourth-order valence-electron chi connectivity index (χ4n) is 3.09. The number of nitrogens with one attached hydrogen (secondary N) is 2.